The van der Waals surface area contributed by atoms with Crippen molar-refractivity contribution in [1.29, 1.82) is 0 Å². The summed E-state index contributed by atoms with van der Waals surface area (Å²) in [6.07, 6.45) is -22.1. The van der Waals surface area contributed by atoms with Crippen LogP contribution in [0.5, 0.6) is 0 Å². The zero-order valence-corrected chi connectivity index (χ0v) is 24.1. The molecule has 17 nitrogen and oxygen atoms in total. The van der Waals surface area contributed by atoms with E-state index in [0.29, 0.717) is 0 Å². The van der Waals surface area contributed by atoms with Crippen LogP contribution in [0.2, 0.25) is 0 Å². The maximum Gasteiger partial charge on any atom is 0.186 e. The van der Waals surface area contributed by atoms with Crippen LogP contribution in [0.15, 0.2) is 0 Å². The van der Waals surface area contributed by atoms with Crippen molar-refractivity contribution in [3.63, 3.8) is 0 Å². The standard InChI is InChI=1S/C26H46O17/c1-8-9(2)40-25(21(35)15(8)29)38-7-14-20(34)23(16(30)10(3)39-14)43-24-11(17(31)18(32)12(4-27)41-24)6-37-26-22(36)19(33)13(5-28)42-26/h8-36H,4-7H2,1-3H3/t8-,9?,10+,11?,12?,13-,14?,15?,16?,17-,18+,19?,20+,21?,22+,23-,24+,25?,26-/m1/s1. The molecular formula is C26H46O17. The first kappa shape index (κ1) is 35.2. The molecule has 0 spiro atoms. The van der Waals surface area contributed by atoms with E-state index in [9.17, 15) is 51.1 Å². The van der Waals surface area contributed by atoms with E-state index >= 15 is 0 Å². The number of hydrogen-bond acceptors (Lipinski definition) is 17. The molecule has 252 valence electrons. The highest BCUT2D eigenvalue weighted by molar-refractivity contribution is 4.96. The molecule has 19 atom stereocenters. The maximum absolute atomic E-state index is 11.1. The fourth-order valence-corrected chi connectivity index (χ4v) is 5.72. The predicted octanol–water partition coefficient (Wildman–Crippen LogP) is -5.49. The van der Waals surface area contributed by atoms with Gasteiger partial charge >= 0.3 is 0 Å². The molecule has 0 aromatic rings. The van der Waals surface area contributed by atoms with Crippen molar-refractivity contribution in [2.24, 2.45) is 11.8 Å². The number of rotatable bonds is 10. The summed E-state index contributed by atoms with van der Waals surface area (Å²) in [4.78, 5) is 0. The minimum atomic E-state index is -1.61. The summed E-state index contributed by atoms with van der Waals surface area (Å²) < 4.78 is 39.5. The Labute approximate surface area is 248 Å². The molecule has 0 radical (unpaired) electrons. The molecule has 0 aromatic heterocycles. The molecule has 17 heteroatoms. The van der Waals surface area contributed by atoms with Crippen LogP contribution in [-0.4, -0.2) is 182 Å². The van der Waals surface area contributed by atoms with E-state index in [-0.39, 0.29) is 12.5 Å². The van der Waals surface area contributed by atoms with Crippen LogP contribution in [0.4, 0.5) is 0 Å². The zero-order chi connectivity index (χ0) is 31.7. The minimum absolute atomic E-state index is 0.336. The summed E-state index contributed by atoms with van der Waals surface area (Å²) in [7, 11) is 0. The topological polar surface area (TPSA) is 267 Å². The van der Waals surface area contributed by atoms with Crippen molar-refractivity contribution in [2.75, 3.05) is 26.4 Å². The van der Waals surface area contributed by atoms with Crippen LogP contribution in [0.25, 0.3) is 0 Å². The number of hydrogen-bond donors (Lipinski definition) is 10. The fraction of sp³-hybridized carbons (Fsp3) is 1.00. The highest BCUT2D eigenvalue weighted by Gasteiger charge is 2.52. The third-order valence-electron chi connectivity index (χ3n) is 8.86. The van der Waals surface area contributed by atoms with E-state index < -0.39 is 130 Å². The molecular weight excluding hydrogens is 584 g/mol. The Balaban J connectivity index is 1.45. The third kappa shape index (κ3) is 7.34. The third-order valence-corrected chi connectivity index (χ3v) is 8.86. The lowest BCUT2D eigenvalue weighted by Gasteiger charge is -2.47. The van der Waals surface area contributed by atoms with Crippen LogP contribution in [0.3, 0.4) is 0 Å². The van der Waals surface area contributed by atoms with Crippen LogP contribution >= 0.6 is 0 Å². The van der Waals surface area contributed by atoms with Gasteiger partial charge in [-0.25, -0.2) is 0 Å². The van der Waals surface area contributed by atoms with Crippen LogP contribution in [0.1, 0.15) is 20.8 Å². The number of aliphatic hydroxyl groups excluding tert-OH is 10. The van der Waals surface area contributed by atoms with E-state index in [1.54, 1.807) is 13.8 Å². The molecule has 0 aliphatic carbocycles. The Bertz CT molecular complexity index is 870. The van der Waals surface area contributed by atoms with Gasteiger partial charge in [-0.1, -0.05) is 6.92 Å². The van der Waals surface area contributed by atoms with Crippen molar-refractivity contribution in [3.8, 4) is 0 Å². The molecule has 0 amide bonds. The Morgan fingerprint density at radius 2 is 1.02 bits per heavy atom. The van der Waals surface area contributed by atoms with Gasteiger partial charge in [0, 0.05) is 5.92 Å². The first-order valence-corrected chi connectivity index (χ1v) is 14.5. The van der Waals surface area contributed by atoms with E-state index in [4.69, 9.17) is 33.2 Å². The van der Waals surface area contributed by atoms with Gasteiger partial charge in [0.05, 0.1) is 56.8 Å². The average Bonchev–Trinajstić information content (AvgIpc) is 3.26. The van der Waals surface area contributed by atoms with Gasteiger partial charge in [0.25, 0.3) is 0 Å². The van der Waals surface area contributed by atoms with Gasteiger partial charge in [0.15, 0.2) is 18.9 Å². The quantitative estimate of drug-likeness (QED) is 0.108. The Morgan fingerprint density at radius 3 is 1.65 bits per heavy atom. The van der Waals surface area contributed by atoms with Crippen molar-refractivity contribution in [1.82, 2.24) is 0 Å². The molecule has 9 unspecified atom stereocenters. The molecule has 0 bridgehead atoms. The molecule has 43 heavy (non-hydrogen) atoms. The summed E-state index contributed by atoms with van der Waals surface area (Å²) in [6.45, 7) is 2.82. The second-order valence-corrected chi connectivity index (χ2v) is 11.8. The highest BCUT2D eigenvalue weighted by atomic mass is 16.7. The van der Waals surface area contributed by atoms with Gasteiger partial charge in [-0.05, 0) is 13.8 Å². The molecule has 4 aliphatic rings. The largest absolute Gasteiger partial charge is 0.394 e. The van der Waals surface area contributed by atoms with E-state index in [1.165, 1.54) is 6.92 Å². The smallest absolute Gasteiger partial charge is 0.186 e. The SMILES string of the molecule is CC1OC(OCC2O[C@@H](C)C(O)[C@@H](O[C@@H]3OC(CO)[C@H](O)[C@H](O)C3CO[C@@H]3O[C@H](CO)C(O)[C@@H]3O)[C@H]2O)C(O)C(O)[C@@H]1C. The Morgan fingerprint density at radius 1 is 0.488 bits per heavy atom. The lowest BCUT2D eigenvalue weighted by molar-refractivity contribution is -0.343. The fourth-order valence-electron chi connectivity index (χ4n) is 5.72. The lowest BCUT2D eigenvalue weighted by Crippen LogP contribution is -2.63. The molecule has 4 aliphatic heterocycles. The Kier molecular flexibility index (Phi) is 12.1. The average molecular weight is 631 g/mol. The van der Waals surface area contributed by atoms with Crippen LogP contribution < -0.4 is 0 Å². The van der Waals surface area contributed by atoms with Gasteiger partial charge in [0.2, 0.25) is 0 Å². The maximum atomic E-state index is 11.1. The monoisotopic (exact) mass is 630 g/mol. The van der Waals surface area contributed by atoms with E-state index in [2.05, 4.69) is 0 Å². The van der Waals surface area contributed by atoms with E-state index in [0.717, 1.165) is 0 Å². The van der Waals surface area contributed by atoms with Crippen LogP contribution in [-0.2, 0) is 33.2 Å². The van der Waals surface area contributed by atoms with Crippen molar-refractivity contribution in [3.05, 3.63) is 0 Å². The number of ether oxygens (including phenoxy) is 7. The second-order valence-electron chi connectivity index (χ2n) is 11.8. The summed E-state index contributed by atoms with van der Waals surface area (Å²) >= 11 is 0. The summed E-state index contributed by atoms with van der Waals surface area (Å²) in [5.41, 5.74) is 0. The van der Waals surface area contributed by atoms with Crippen molar-refractivity contribution < 1.29 is 84.2 Å². The van der Waals surface area contributed by atoms with Gasteiger partial charge in [-0.2, -0.15) is 0 Å². The Hall–Kier alpha value is -0.680. The van der Waals surface area contributed by atoms with E-state index in [1.807, 2.05) is 0 Å². The second kappa shape index (κ2) is 14.8. The molecule has 10 N–H and O–H groups in total. The first-order valence-electron chi connectivity index (χ1n) is 14.5. The number of aliphatic hydroxyl groups is 10. The molecule has 4 heterocycles. The molecule has 0 aromatic carbocycles. The molecule has 4 fully saturated rings. The van der Waals surface area contributed by atoms with Crippen molar-refractivity contribution in [2.45, 2.75) is 125 Å². The zero-order valence-electron chi connectivity index (χ0n) is 24.1. The minimum Gasteiger partial charge on any atom is -0.394 e. The highest BCUT2D eigenvalue weighted by Crippen LogP contribution is 2.34. The molecule has 4 saturated heterocycles. The lowest BCUT2D eigenvalue weighted by atomic mass is 9.90. The molecule has 0 saturated carbocycles. The summed E-state index contributed by atoms with van der Waals surface area (Å²) in [6, 6.07) is 0. The van der Waals surface area contributed by atoms with Gasteiger partial charge in [0.1, 0.15) is 61.0 Å². The summed E-state index contributed by atoms with van der Waals surface area (Å²) in [5, 5.41) is 103. The normalized spacial score (nSPS) is 52.8. The first-order chi connectivity index (χ1) is 20.3. The van der Waals surface area contributed by atoms with Crippen LogP contribution in [0, 0.1) is 11.8 Å². The molecule has 4 rings (SSSR count). The van der Waals surface area contributed by atoms with Crippen molar-refractivity contribution >= 4 is 0 Å². The van der Waals surface area contributed by atoms with Gasteiger partial charge < -0.3 is 84.2 Å². The summed E-state index contributed by atoms with van der Waals surface area (Å²) in [5.74, 6) is -1.57. The van der Waals surface area contributed by atoms with Gasteiger partial charge in [-0.3, -0.25) is 0 Å². The van der Waals surface area contributed by atoms with Gasteiger partial charge in [-0.15, -0.1) is 0 Å². The predicted molar refractivity (Wildman–Crippen MR) is 138 cm³/mol.